The smallest absolute Gasteiger partial charge is 0.229 e. The summed E-state index contributed by atoms with van der Waals surface area (Å²) in [6, 6.07) is 12.0. The number of nitrogens with zero attached hydrogens (tertiary/aromatic N) is 2. The van der Waals surface area contributed by atoms with Crippen molar-refractivity contribution < 1.29 is 14.0 Å². The molecule has 2 aromatic carbocycles. The molecule has 1 saturated heterocycles. The molecule has 144 valence electrons. The SMILES string of the molecule is O=C(NCCc1cccc(F)c1)[C@@H]1CC(=O)N(c2n[nH]c3cc(Br)ccc23)C1. The Hall–Kier alpha value is -2.74. The summed E-state index contributed by atoms with van der Waals surface area (Å²) in [5.74, 6) is -0.472. The normalized spacial score (nSPS) is 16.7. The fraction of sp³-hybridized carbons (Fsp3) is 0.250. The summed E-state index contributed by atoms with van der Waals surface area (Å²) in [5, 5.41) is 10.9. The summed E-state index contributed by atoms with van der Waals surface area (Å²) in [5.41, 5.74) is 1.64. The van der Waals surface area contributed by atoms with E-state index in [0.29, 0.717) is 25.3 Å². The Morgan fingerprint density at radius 2 is 2.18 bits per heavy atom. The van der Waals surface area contributed by atoms with Crippen LogP contribution in [0, 0.1) is 11.7 Å². The van der Waals surface area contributed by atoms with Gasteiger partial charge in [-0.2, -0.15) is 5.10 Å². The third kappa shape index (κ3) is 3.77. The zero-order chi connectivity index (χ0) is 19.7. The molecule has 0 bridgehead atoms. The molecule has 1 aliphatic rings. The van der Waals surface area contributed by atoms with Gasteiger partial charge in [0.05, 0.1) is 11.4 Å². The molecule has 0 unspecified atom stereocenters. The molecule has 4 rings (SSSR count). The Balaban J connectivity index is 1.39. The molecular formula is C20H18BrFN4O2. The molecule has 1 atom stereocenters. The van der Waals surface area contributed by atoms with E-state index in [4.69, 9.17) is 0 Å². The van der Waals surface area contributed by atoms with Gasteiger partial charge >= 0.3 is 0 Å². The Bertz CT molecular complexity index is 1050. The zero-order valence-corrected chi connectivity index (χ0v) is 16.5. The van der Waals surface area contributed by atoms with E-state index in [1.54, 1.807) is 11.0 Å². The number of aromatic amines is 1. The third-order valence-corrected chi connectivity index (χ3v) is 5.35. The largest absolute Gasteiger partial charge is 0.355 e. The summed E-state index contributed by atoms with van der Waals surface area (Å²) in [6.07, 6.45) is 0.684. The molecule has 1 aromatic heterocycles. The fourth-order valence-corrected chi connectivity index (χ4v) is 3.80. The molecule has 0 aliphatic carbocycles. The van der Waals surface area contributed by atoms with E-state index in [1.165, 1.54) is 12.1 Å². The lowest BCUT2D eigenvalue weighted by atomic mass is 10.1. The molecule has 6 nitrogen and oxygen atoms in total. The number of aromatic nitrogens is 2. The fourth-order valence-electron chi connectivity index (χ4n) is 3.44. The van der Waals surface area contributed by atoms with Crippen LogP contribution in [0.1, 0.15) is 12.0 Å². The van der Waals surface area contributed by atoms with Gasteiger partial charge in [0.25, 0.3) is 0 Å². The number of carbonyl (C=O) groups excluding carboxylic acids is 2. The lowest BCUT2D eigenvalue weighted by molar-refractivity contribution is -0.126. The second kappa shape index (κ2) is 7.71. The first-order valence-electron chi connectivity index (χ1n) is 8.97. The maximum atomic E-state index is 13.2. The number of hydrogen-bond acceptors (Lipinski definition) is 3. The van der Waals surface area contributed by atoms with Crippen LogP contribution in [0.15, 0.2) is 46.9 Å². The Kier molecular flexibility index (Phi) is 5.13. The second-order valence-electron chi connectivity index (χ2n) is 6.81. The number of carbonyl (C=O) groups is 2. The van der Waals surface area contributed by atoms with Gasteiger partial charge in [0.2, 0.25) is 11.8 Å². The maximum Gasteiger partial charge on any atom is 0.229 e. The van der Waals surface area contributed by atoms with Gasteiger partial charge in [-0.15, -0.1) is 0 Å². The van der Waals surface area contributed by atoms with Crippen molar-refractivity contribution in [2.45, 2.75) is 12.8 Å². The molecule has 2 heterocycles. The van der Waals surface area contributed by atoms with Gasteiger partial charge in [-0.05, 0) is 42.3 Å². The van der Waals surface area contributed by atoms with Crippen molar-refractivity contribution in [2.75, 3.05) is 18.0 Å². The Morgan fingerprint density at radius 1 is 1.32 bits per heavy atom. The highest BCUT2D eigenvalue weighted by molar-refractivity contribution is 9.10. The van der Waals surface area contributed by atoms with Crippen LogP contribution in [0.5, 0.6) is 0 Å². The predicted molar refractivity (Wildman–Crippen MR) is 107 cm³/mol. The maximum absolute atomic E-state index is 13.2. The van der Waals surface area contributed by atoms with Gasteiger partial charge < -0.3 is 5.32 Å². The minimum atomic E-state index is -0.429. The Labute approximate surface area is 169 Å². The predicted octanol–water partition coefficient (Wildman–Crippen LogP) is 3.18. The Morgan fingerprint density at radius 3 is 3.00 bits per heavy atom. The minimum Gasteiger partial charge on any atom is -0.355 e. The highest BCUT2D eigenvalue weighted by atomic mass is 79.9. The standard InChI is InChI=1S/C20H18BrFN4O2/c21-14-4-5-16-17(10-14)24-25-19(16)26-11-13(9-18(26)27)20(28)23-7-6-12-2-1-3-15(22)8-12/h1-5,8,10,13H,6-7,9,11H2,(H,23,28)(H,24,25)/t13-/m1/s1. The zero-order valence-electron chi connectivity index (χ0n) is 14.9. The lowest BCUT2D eigenvalue weighted by Crippen LogP contribution is -2.34. The van der Waals surface area contributed by atoms with Crippen molar-refractivity contribution in [3.8, 4) is 0 Å². The highest BCUT2D eigenvalue weighted by Gasteiger charge is 2.36. The van der Waals surface area contributed by atoms with E-state index < -0.39 is 5.92 Å². The monoisotopic (exact) mass is 444 g/mol. The average molecular weight is 445 g/mol. The number of H-pyrrole nitrogens is 1. The number of halogens is 2. The lowest BCUT2D eigenvalue weighted by Gasteiger charge is -2.14. The van der Waals surface area contributed by atoms with Crippen LogP contribution in [0.25, 0.3) is 10.9 Å². The number of amides is 2. The molecule has 0 spiro atoms. The van der Waals surface area contributed by atoms with E-state index in [9.17, 15) is 14.0 Å². The van der Waals surface area contributed by atoms with Crippen molar-refractivity contribution in [1.29, 1.82) is 0 Å². The number of nitrogens with one attached hydrogen (secondary N) is 2. The van der Waals surface area contributed by atoms with Crippen LogP contribution in [-0.2, 0) is 16.0 Å². The average Bonchev–Trinajstić information content (AvgIpc) is 3.24. The van der Waals surface area contributed by atoms with Crippen LogP contribution < -0.4 is 10.2 Å². The van der Waals surface area contributed by atoms with E-state index in [-0.39, 0.29) is 24.1 Å². The summed E-state index contributed by atoms with van der Waals surface area (Å²) >= 11 is 3.41. The molecule has 8 heteroatoms. The first-order chi connectivity index (χ1) is 13.5. The molecule has 2 amide bonds. The van der Waals surface area contributed by atoms with Gasteiger partial charge in [0.1, 0.15) is 5.82 Å². The summed E-state index contributed by atoms with van der Waals surface area (Å²) in [4.78, 5) is 26.5. The van der Waals surface area contributed by atoms with E-state index in [0.717, 1.165) is 20.9 Å². The van der Waals surface area contributed by atoms with Crippen molar-refractivity contribution in [1.82, 2.24) is 15.5 Å². The van der Waals surface area contributed by atoms with E-state index in [2.05, 4.69) is 31.4 Å². The number of rotatable bonds is 5. The summed E-state index contributed by atoms with van der Waals surface area (Å²) in [7, 11) is 0. The van der Waals surface area contributed by atoms with Crippen LogP contribution in [-0.4, -0.2) is 35.1 Å². The second-order valence-corrected chi connectivity index (χ2v) is 7.73. The van der Waals surface area contributed by atoms with Gasteiger partial charge in [-0.3, -0.25) is 19.6 Å². The highest BCUT2D eigenvalue weighted by Crippen LogP contribution is 2.31. The molecule has 3 aromatic rings. The van der Waals surface area contributed by atoms with E-state index in [1.807, 2.05) is 24.3 Å². The van der Waals surface area contributed by atoms with Gasteiger partial charge in [0.15, 0.2) is 5.82 Å². The van der Waals surface area contributed by atoms with Crippen molar-refractivity contribution in [3.05, 3.63) is 58.3 Å². The molecule has 1 fully saturated rings. The number of benzene rings is 2. The van der Waals surface area contributed by atoms with Gasteiger partial charge in [-0.1, -0.05) is 28.1 Å². The molecule has 28 heavy (non-hydrogen) atoms. The number of anilines is 1. The minimum absolute atomic E-state index is 0.124. The van der Waals surface area contributed by atoms with Crippen LogP contribution >= 0.6 is 15.9 Å². The third-order valence-electron chi connectivity index (χ3n) is 4.86. The summed E-state index contributed by atoms with van der Waals surface area (Å²) < 4.78 is 14.1. The molecule has 1 aliphatic heterocycles. The van der Waals surface area contributed by atoms with Crippen LogP contribution in [0.2, 0.25) is 0 Å². The first kappa shape index (κ1) is 18.6. The van der Waals surface area contributed by atoms with Crippen molar-refractivity contribution in [3.63, 3.8) is 0 Å². The van der Waals surface area contributed by atoms with Crippen molar-refractivity contribution >= 4 is 44.5 Å². The first-order valence-corrected chi connectivity index (χ1v) is 9.77. The summed E-state index contributed by atoms with van der Waals surface area (Å²) in [6.45, 7) is 0.687. The van der Waals surface area contributed by atoms with E-state index >= 15 is 0 Å². The van der Waals surface area contributed by atoms with Gasteiger partial charge in [0, 0.05) is 29.4 Å². The topological polar surface area (TPSA) is 78.1 Å². The van der Waals surface area contributed by atoms with Crippen LogP contribution in [0.4, 0.5) is 10.2 Å². The molecule has 0 saturated carbocycles. The van der Waals surface area contributed by atoms with Crippen LogP contribution in [0.3, 0.4) is 0 Å². The molecule has 0 radical (unpaired) electrons. The van der Waals surface area contributed by atoms with Crippen molar-refractivity contribution in [2.24, 2.45) is 5.92 Å². The molecular weight excluding hydrogens is 427 g/mol. The number of fused-ring (bicyclic) bond motifs is 1. The van der Waals surface area contributed by atoms with Gasteiger partial charge in [-0.25, -0.2) is 4.39 Å². The molecule has 2 N–H and O–H groups in total. The number of hydrogen-bond donors (Lipinski definition) is 2. The quantitative estimate of drug-likeness (QED) is 0.634.